The summed E-state index contributed by atoms with van der Waals surface area (Å²) >= 11 is 0. The monoisotopic (exact) mass is 310 g/mol. The Kier molecular flexibility index (Phi) is 6.48. The van der Waals surface area contributed by atoms with Crippen molar-refractivity contribution in [1.29, 1.82) is 0 Å². The number of benzene rings is 1. The van der Waals surface area contributed by atoms with Crippen LogP contribution in [0.1, 0.15) is 22.6 Å². The summed E-state index contributed by atoms with van der Waals surface area (Å²) in [5, 5.41) is 0. The molecule has 5 nitrogen and oxygen atoms in total. The zero-order chi connectivity index (χ0) is 15.9. The van der Waals surface area contributed by atoms with Crippen molar-refractivity contribution < 1.29 is 33.3 Å². The van der Waals surface area contributed by atoms with E-state index in [2.05, 4.69) is 25.1 Å². The largest absolute Gasteiger partial charge is 0.353 e. The standard InChI is InChI=1S/C15H15O.ClHO4/c1-12-10-13(2)16-15(11-12)9-8-14-6-4-3-5-7-14;2-1(3,4)5/h3-11H,1-2H3;(H,2,3,4,5)/q+1;/p-1. The lowest BCUT2D eigenvalue weighted by Crippen LogP contribution is -2.68. The first-order valence-corrected chi connectivity index (χ1v) is 7.24. The molecule has 0 fully saturated rings. The van der Waals surface area contributed by atoms with Gasteiger partial charge in [0.05, 0.1) is 6.92 Å². The summed E-state index contributed by atoms with van der Waals surface area (Å²) in [6, 6.07) is 14.3. The quantitative estimate of drug-likeness (QED) is 0.702. The van der Waals surface area contributed by atoms with E-state index in [0.717, 1.165) is 11.5 Å². The Hall–Kier alpha value is -1.76. The van der Waals surface area contributed by atoms with Gasteiger partial charge in [-0.05, 0) is 24.1 Å². The molecule has 0 bridgehead atoms. The molecule has 0 radical (unpaired) electrons. The van der Waals surface area contributed by atoms with Crippen LogP contribution in [0.3, 0.4) is 0 Å². The van der Waals surface area contributed by atoms with Crippen molar-refractivity contribution in [2.24, 2.45) is 0 Å². The van der Waals surface area contributed by atoms with Gasteiger partial charge >= 0.3 is 11.5 Å². The summed E-state index contributed by atoms with van der Waals surface area (Å²) in [4.78, 5) is 0. The van der Waals surface area contributed by atoms with Crippen LogP contribution in [-0.2, 0) is 0 Å². The first kappa shape index (κ1) is 17.3. The minimum Gasteiger partial charge on any atom is -0.222 e. The van der Waals surface area contributed by atoms with E-state index in [0.29, 0.717) is 0 Å². The van der Waals surface area contributed by atoms with Gasteiger partial charge in [-0.3, -0.25) is 0 Å². The first-order chi connectivity index (χ1) is 9.74. The maximum absolute atomic E-state index is 8.49. The molecule has 0 spiro atoms. The molecule has 0 saturated carbocycles. The second-order valence-electron chi connectivity index (χ2n) is 4.27. The fraction of sp³-hybridized carbons (Fsp3) is 0.133. The molecule has 1 aromatic heterocycles. The van der Waals surface area contributed by atoms with Crippen LogP contribution in [0.15, 0.2) is 46.9 Å². The van der Waals surface area contributed by atoms with Crippen molar-refractivity contribution in [3.8, 4) is 0 Å². The van der Waals surface area contributed by atoms with Gasteiger partial charge in [-0.1, -0.05) is 30.3 Å². The molecule has 1 heterocycles. The molecule has 6 heteroatoms. The Labute approximate surface area is 125 Å². The number of hydrogen-bond donors (Lipinski definition) is 0. The number of halogens is 1. The van der Waals surface area contributed by atoms with Crippen LogP contribution >= 0.6 is 0 Å². The molecule has 0 saturated heterocycles. The predicted octanol–water partition coefficient (Wildman–Crippen LogP) is -0.408. The average Bonchev–Trinajstić information content (AvgIpc) is 2.34. The summed E-state index contributed by atoms with van der Waals surface area (Å²) in [5.41, 5.74) is 2.40. The van der Waals surface area contributed by atoms with Crippen LogP contribution in [0.4, 0.5) is 0 Å². The topological polar surface area (TPSA) is 104 Å². The van der Waals surface area contributed by atoms with Gasteiger partial charge in [-0.2, -0.15) is 0 Å². The summed E-state index contributed by atoms with van der Waals surface area (Å²) in [5.74, 6) is 1.83. The predicted molar refractivity (Wildman–Crippen MR) is 68.0 cm³/mol. The highest BCUT2D eigenvalue weighted by Gasteiger charge is 2.06. The molecule has 112 valence electrons. The molecular weight excluding hydrogens is 296 g/mol. The minimum absolute atomic E-state index is 0.890. The molecule has 0 aliphatic rings. The zero-order valence-corrected chi connectivity index (χ0v) is 12.4. The third kappa shape index (κ3) is 8.91. The SMILES string of the molecule is Cc1cc(C)[o+]c(C=Cc2ccccc2)c1.[O-][Cl+3]([O-])([O-])[O-]. The van der Waals surface area contributed by atoms with Crippen LogP contribution in [0, 0.1) is 24.1 Å². The van der Waals surface area contributed by atoms with Crippen molar-refractivity contribution in [3.63, 3.8) is 0 Å². The van der Waals surface area contributed by atoms with E-state index in [1.807, 2.05) is 43.3 Å². The normalized spacial score (nSPS) is 11.1. The van der Waals surface area contributed by atoms with Crippen LogP contribution in [-0.4, -0.2) is 0 Å². The van der Waals surface area contributed by atoms with Crippen molar-refractivity contribution in [3.05, 3.63) is 65.1 Å². The van der Waals surface area contributed by atoms with Crippen LogP contribution < -0.4 is 18.6 Å². The molecule has 1 aromatic carbocycles. The molecule has 0 unspecified atom stereocenters. The maximum atomic E-state index is 8.49. The third-order valence-corrected chi connectivity index (χ3v) is 2.32. The van der Waals surface area contributed by atoms with Crippen molar-refractivity contribution in [2.45, 2.75) is 13.8 Å². The maximum Gasteiger partial charge on any atom is 0.353 e. The van der Waals surface area contributed by atoms with Crippen LogP contribution in [0.25, 0.3) is 12.2 Å². The highest BCUT2D eigenvalue weighted by molar-refractivity contribution is 5.67. The Morgan fingerprint density at radius 1 is 0.905 bits per heavy atom. The van der Waals surface area contributed by atoms with Gasteiger partial charge in [0.25, 0.3) is 0 Å². The van der Waals surface area contributed by atoms with Gasteiger partial charge in [0.15, 0.2) is 0 Å². The van der Waals surface area contributed by atoms with Gasteiger partial charge in [-0.15, -0.1) is 10.2 Å². The fourth-order valence-electron chi connectivity index (χ4n) is 1.66. The highest BCUT2D eigenvalue weighted by Crippen LogP contribution is 2.12. The molecular formula is C15H15ClO5. The summed E-state index contributed by atoms with van der Waals surface area (Å²) in [7, 11) is -4.94. The van der Waals surface area contributed by atoms with E-state index >= 15 is 0 Å². The lowest BCUT2D eigenvalue weighted by molar-refractivity contribution is -2.00. The summed E-state index contributed by atoms with van der Waals surface area (Å²) in [6.45, 7) is 4.04. The average molecular weight is 311 g/mol. The van der Waals surface area contributed by atoms with E-state index in [-0.39, 0.29) is 0 Å². The Morgan fingerprint density at radius 3 is 2.00 bits per heavy atom. The molecule has 2 aromatic rings. The second kappa shape index (κ2) is 7.87. The molecule has 0 aliphatic heterocycles. The molecule has 2 rings (SSSR count). The fourth-order valence-corrected chi connectivity index (χ4v) is 1.66. The Morgan fingerprint density at radius 2 is 1.48 bits per heavy atom. The van der Waals surface area contributed by atoms with Gasteiger partial charge < -0.3 is 0 Å². The Bertz CT molecular complexity index is 565. The van der Waals surface area contributed by atoms with E-state index in [1.54, 1.807) is 0 Å². The summed E-state index contributed by atoms with van der Waals surface area (Å²) < 4.78 is 39.6. The lowest BCUT2D eigenvalue weighted by Gasteiger charge is -2.17. The number of hydrogen-bond acceptors (Lipinski definition) is 4. The van der Waals surface area contributed by atoms with E-state index in [9.17, 15) is 0 Å². The van der Waals surface area contributed by atoms with Crippen LogP contribution in [0.5, 0.6) is 0 Å². The van der Waals surface area contributed by atoms with E-state index in [1.165, 1.54) is 11.1 Å². The van der Waals surface area contributed by atoms with Gasteiger partial charge in [0, 0.05) is 18.2 Å². The Balaban J connectivity index is 0.000000383. The summed E-state index contributed by atoms with van der Waals surface area (Å²) in [6.07, 6.45) is 4.05. The van der Waals surface area contributed by atoms with Gasteiger partial charge in [-0.25, -0.2) is 23.1 Å². The first-order valence-electron chi connectivity index (χ1n) is 6.00. The molecule has 0 atom stereocenters. The van der Waals surface area contributed by atoms with E-state index < -0.39 is 10.2 Å². The zero-order valence-electron chi connectivity index (χ0n) is 11.6. The number of rotatable bonds is 2. The van der Waals surface area contributed by atoms with Crippen molar-refractivity contribution in [2.75, 3.05) is 0 Å². The van der Waals surface area contributed by atoms with Gasteiger partial charge in [0.1, 0.15) is 0 Å². The smallest absolute Gasteiger partial charge is 0.222 e. The van der Waals surface area contributed by atoms with Crippen molar-refractivity contribution >= 4 is 12.2 Å². The number of aryl methyl sites for hydroxylation is 2. The highest BCUT2D eigenvalue weighted by atomic mass is 35.7. The molecule has 0 aliphatic carbocycles. The van der Waals surface area contributed by atoms with Gasteiger partial charge in [0.2, 0.25) is 0 Å². The minimum atomic E-state index is -4.94. The lowest BCUT2D eigenvalue weighted by atomic mass is 10.2. The molecule has 0 N–H and O–H groups in total. The molecule has 21 heavy (non-hydrogen) atoms. The molecule has 0 amide bonds. The van der Waals surface area contributed by atoms with E-state index in [4.69, 9.17) is 23.1 Å². The van der Waals surface area contributed by atoms with Crippen LogP contribution in [0.2, 0.25) is 0 Å². The van der Waals surface area contributed by atoms with Crippen molar-refractivity contribution in [1.82, 2.24) is 0 Å². The third-order valence-electron chi connectivity index (χ3n) is 2.32. The second-order valence-corrected chi connectivity index (χ2v) is 5.03.